The number of aldehydes is 1. The van der Waals surface area contributed by atoms with Crippen LogP contribution in [-0.2, 0) is 4.79 Å². The molecule has 1 nitrogen and oxygen atoms in total. The van der Waals surface area contributed by atoms with Crippen LogP contribution in [0.4, 0.5) is 0 Å². The van der Waals surface area contributed by atoms with Crippen LogP contribution in [0.2, 0.25) is 18.6 Å². The highest BCUT2D eigenvalue weighted by Crippen LogP contribution is 2.30. The Bertz CT molecular complexity index is 434. The van der Waals surface area contributed by atoms with Gasteiger partial charge in [0.05, 0.1) is 8.07 Å². The van der Waals surface area contributed by atoms with Gasteiger partial charge in [-0.25, -0.2) is 0 Å². The number of hydrogen-bond donors (Lipinski definition) is 0. The van der Waals surface area contributed by atoms with Crippen molar-refractivity contribution >= 4 is 19.5 Å². The minimum absolute atomic E-state index is 0.0836. The van der Waals surface area contributed by atoms with Crippen LogP contribution >= 0.6 is 0 Å². The summed E-state index contributed by atoms with van der Waals surface area (Å²) < 4.78 is 0. The number of allylic oxidation sites excluding steroid dienone is 2. The lowest BCUT2D eigenvalue weighted by Gasteiger charge is -2.33. The highest BCUT2D eigenvalue weighted by atomic mass is 28.3. The number of hydrogen-bond acceptors (Lipinski definition) is 1. The molecule has 0 fully saturated rings. The molecule has 0 spiro atoms. The van der Waals surface area contributed by atoms with Crippen molar-refractivity contribution in [3.63, 3.8) is 0 Å². The van der Waals surface area contributed by atoms with Gasteiger partial charge in [0.15, 0.2) is 0 Å². The van der Waals surface area contributed by atoms with Crippen LogP contribution < -0.4 is 5.19 Å². The molecule has 0 saturated carbocycles. The summed E-state index contributed by atoms with van der Waals surface area (Å²) in [4.78, 5) is 11.3. The van der Waals surface area contributed by atoms with Crippen LogP contribution in [0.15, 0.2) is 42.5 Å². The van der Waals surface area contributed by atoms with Crippen LogP contribution in [0.25, 0.3) is 0 Å². The fraction of sp³-hybridized carbons (Fsp3) is 0.500. The van der Waals surface area contributed by atoms with Crippen molar-refractivity contribution in [1.82, 2.24) is 0 Å². The van der Waals surface area contributed by atoms with Crippen molar-refractivity contribution in [3.8, 4) is 0 Å². The Labute approximate surface area is 125 Å². The average molecular weight is 289 g/mol. The summed E-state index contributed by atoms with van der Waals surface area (Å²) in [5, 5.41) is 1.42. The van der Waals surface area contributed by atoms with Gasteiger partial charge in [-0.3, -0.25) is 0 Å². The number of carbonyl (C=O) groups excluding carboxylic acids is 1. The van der Waals surface area contributed by atoms with Crippen LogP contribution in [-0.4, -0.2) is 14.4 Å². The van der Waals surface area contributed by atoms with Gasteiger partial charge in [0.25, 0.3) is 0 Å². The van der Waals surface area contributed by atoms with Gasteiger partial charge in [0.1, 0.15) is 6.29 Å². The maximum absolute atomic E-state index is 11.3. The van der Waals surface area contributed by atoms with E-state index in [0.29, 0.717) is 11.5 Å². The molecule has 0 aliphatic carbocycles. The zero-order valence-electron chi connectivity index (χ0n) is 13.5. The lowest BCUT2D eigenvalue weighted by Crippen LogP contribution is -2.47. The second kappa shape index (κ2) is 7.58. The van der Waals surface area contributed by atoms with E-state index in [1.165, 1.54) is 5.19 Å². The number of rotatable bonds is 7. The Balaban J connectivity index is 3.03. The minimum atomic E-state index is -1.68. The Morgan fingerprint density at radius 1 is 1.10 bits per heavy atom. The lowest BCUT2D eigenvalue weighted by molar-refractivity contribution is -0.110. The molecule has 0 unspecified atom stereocenters. The molecule has 0 amide bonds. The quantitative estimate of drug-likeness (QED) is 0.412. The van der Waals surface area contributed by atoms with E-state index in [-0.39, 0.29) is 5.92 Å². The van der Waals surface area contributed by atoms with Gasteiger partial charge in [-0.15, -0.1) is 0 Å². The Kier molecular flexibility index (Phi) is 6.41. The Hall–Kier alpha value is -1.15. The van der Waals surface area contributed by atoms with Gasteiger partial charge in [0, 0.05) is 5.92 Å². The Morgan fingerprint density at radius 2 is 1.70 bits per heavy atom. The monoisotopic (exact) mass is 288 g/mol. The van der Waals surface area contributed by atoms with Gasteiger partial charge in [-0.1, -0.05) is 81.5 Å². The molecule has 0 heterocycles. The molecule has 1 aromatic rings. The molecule has 0 saturated heterocycles. The molecule has 0 radical (unpaired) electrons. The largest absolute Gasteiger partial charge is 0.303 e. The smallest absolute Gasteiger partial charge is 0.123 e. The molecule has 110 valence electrons. The van der Waals surface area contributed by atoms with E-state index in [0.717, 1.165) is 12.7 Å². The predicted molar refractivity (Wildman–Crippen MR) is 91.1 cm³/mol. The summed E-state index contributed by atoms with van der Waals surface area (Å²) in [7, 11) is -1.68. The van der Waals surface area contributed by atoms with Gasteiger partial charge in [-0.2, -0.15) is 0 Å². The first kappa shape index (κ1) is 16.9. The summed E-state index contributed by atoms with van der Waals surface area (Å²) in [6.07, 6.45) is 6.77. The molecule has 0 aliphatic heterocycles. The summed E-state index contributed by atoms with van der Waals surface area (Å²) >= 11 is 0. The summed E-state index contributed by atoms with van der Waals surface area (Å²) in [5.74, 6) is 0.750. The summed E-state index contributed by atoms with van der Waals surface area (Å²) in [5.41, 5.74) is 0.362. The second-order valence-electron chi connectivity index (χ2n) is 6.67. The molecule has 1 aromatic carbocycles. The number of carbonyl (C=O) groups is 1. The lowest BCUT2D eigenvalue weighted by atomic mass is 10.1. The van der Waals surface area contributed by atoms with E-state index in [1.54, 1.807) is 0 Å². The first-order valence-electron chi connectivity index (χ1n) is 7.57. The molecular formula is C18H28OSi. The summed E-state index contributed by atoms with van der Waals surface area (Å²) in [6, 6.07) is 10.7. The van der Waals surface area contributed by atoms with Crippen molar-refractivity contribution in [2.45, 2.75) is 45.8 Å². The van der Waals surface area contributed by atoms with Crippen LogP contribution in [0, 0.1) is 11.8 Å². The van der Waals surface area contributed by atoms with Crippen molar-refractivity contribution in [3.05, 3.63) is 42.5 Å². The zero-order chi connectivity index (χ0) is 15.2. The molecule has 20 heavy (non-hydrogen) atoms. The molecule has 0 N–H and O–H groups in total. The van der Waals surface area contributed by atoms with Gasteiger partial charge < -0.3 is 4.79 Å². The third-order valence-electron chi connectivity index (χ3n) is 4.08. The van der Waals surface area contributed by atoms with Crippen molar-refractivity contribution in [2.24, 2.45) is 11.8 Å². The van der Waals surface area contributed by atoms with E-state index in [9.17, 15) is 4.79 Å². The first-order valence-corrected chi connectivity index (χ1v) is 10.6. The highest BCUT2D eigenvalue weighted by Gasteiger charge is 2.35. The Morgan fingerprint density at radius 3 is 2.20 bits per heavy atom. The van der Waals surface area contributed by atoms with Crippen LogP contribution in [0.5, 0.6) is 0 Å². The molecule has 1 rings (SSSR count). The van der Waals surface area contributed by atoms with E-state index >= 15 is 0 Å². The van der Waals surface area contributed by atoms with Crippen molar-refractivity contribution in [1.29, 1.82) is 0 Å². The molecular weight excluding hydrogens is 260 g/mol. The number of benzene rings is 1. The van der Waals surface area contributed by atoms with Crippen LogP contribution in [0.1, 0.15) is 27.2 Å². The normalized spacial score (nSPS) is 15.5. The maximum atomic E-state index is 11.3. The maximum Gasteiger partial charge on any atom is 0.123 e. The highest BCUT2D eigenvalue weighted by molar-refractivity contribution is 6.91. The molecule has 2 atom stereocenters. The van der Waals surface area contributed by atoms with E-state index < -0.39 is 8.07 Å². The van der Waals surface area contributed by atoms with E-state index in [2.05, 4.69) is 76.3 Å². The van der Waals surface area contributed by atoms with Gasteiger partial charge >= 0.3 is 0 Å². The fourth-order valence-corrected chi connectivity index (χ4v) is 6.16. The molecule has 2 heteroatoms. The third-order valence-corrected chi connectivity index (χ3v) is 8.29. The average Bonchev–Trinajstić information content (AvgIpc) is 2.43. The van der Waals surface area contributed by atoms with Gasteiger partial charge in [-0.05, 0) is 17.9 Å². The SMILES string of the molecule is CC(C)C/C=C/[C@@H]([C@@H](C)C=O)[Si](C)(C)c1ccccc1. The van der Waals surface area contributed by atoms with E-state index in [1.807, 2.05) is 0 Å². The van der Waals surface area contributed by atoms with Crippen LogP contribution in [0.3, 0.4) is 0 Å². The first-order chi connectivity index (χ1) is 9.39. The van der Waals surface area contributed by atoms with Crippen molar-refractivity contribution < 1.29 is 4.79 Å². The molecule has 0 aliphatic rings. The second-order valence-corrected chi connectivity index (χ2v) is 11.4. The standard InChI is InChI=1S/C18H28OSi/c1-15(2)10-9-13-18(16(3)14-19)20(4,5)17-11-7-6-8-12-17/h6-9,11-16,18H,10H2,1-5H3/b13-9+/t16-,18-/m0/s1. The zero-order valence-corrected chi connectivity index (χ0v) is 14.5. The van der Waals surface area contributed by atoms with Crippen molar-refractivity contribution in [2.75, 3.05) is 0 Å². The molecule has 0 bridgehead atoms. The fourth-order valence-electron chi connectivity index (χ4n) is 2.72. The third kappa shape index (κ3) is 4.45. The predicted octanol–water partition coefficient (Wildman–Crippen LogP) is 4.41. The van der Waals surface area contributed by atoms with E-state index in [4.69, 9.17) is 0 Å². The summed E-state index contributed by atoms with van der Waals surface area (Å²) in [6.45, 7) is 11.2. The topological polar surface area (TPSA) is 17.1 Å². The van der Waals surface area contributed by atoms with Gasteiger partial charge in [0.2, 0.25) is 0 Å². The molecule has 0 aromatic heterocycles. The minimum Gasteiger partial charge on any atom is -0.303 e.